The zero-order valence-electron chi connectivity index (χ0n) is 13.2. The highest BCUT2D eigenvalue weighted by Crippen LogP contribution is 2.50. The smallest absolute Gasteiger partial charge is 0.461 e. The minimum absolute atomic E-state index is 0.173. The number of nitrogens with zero attached hydrogens (tertiary/aromatic N) is 2. The second-order valence-corrected chi connectivity index (χ2v) is 6.48. The Bertz CT molecular complexity index is 855. The van der Waals surface area contributed by atoms with Gasteiger partial charge < -0.3 is 10.4 Å². The molecule has 1 aromatic rings. The first kappa shape index (κ1) is 24.0. The quantitative estimate of drug-likeness (QED) is 0.343. The van der Waals surface area contributed by atoms with Crippen LogP contribution in [-0.2, 0) is 15.6 Å². The molecular weight excluding hydrogens is 451 g/mol. The lowest BCUT2D eigenvalue weighted by Crippen LogP contribution is -2.54. The summed E-state index contributed by atoms with van der Waals surface area (Å²) < 4.78 is 102. The van der Waals surface area contributed by atoms with E-state index in [1.54, 1.807) is 5.32 Å². The van der Waals surface area contributed by atoms with E-state index in [1.165, 1.54) is 0 Å². The second-order valence-electron chi connectivity index (χ2n) is 4.96. The summed E-state index contributed by atoms with van der Waals surface area (Å²) >= 11 is 0. The zero-order chi connectivity index (χ0) is 22.9. The highest BCUT2D eigenvalue weighted by Gasteiger charge is 2.76. The van der Waals surface area contributed by atoms with Crippen LogP contribution < -0.4 is 5.32 Å². The van der Waals surface area contributed by atoms with Crippen molar-refractivity contribution in [3.8, 4) is 0 Å². The summed E-state index contributed by atoms with van der Waals surface area (Å²) in [6.07, 6.45) is -6.87. The van der Waals surface area contributed by atoms with Gasteiger partial charge in [-0.05, 0) is 0 Å². The van der Waals surface area contributed by atoms with Gasteiger partial charge in [0.1, 0.15) is 17.3 Å². The third kappa shape index (κ3) is 4.51. The first-order chi connectivity index (χ1) is 12.9. The molecule has 0 aromatic heterocycles. The van der Waals surface area contributed by atoms with Gasteiger partial charge in [-0.15, -0.1) is 0 Å². The maximum Gasteiger partial charge on any atom is 0.461 e. The van der Waals surface area contributed by atoms with E-state index in [-0.39, 0.29) is 12.1 Å². The lowest BCUT2D eigenvalue weighted by atomic mass is 10.2. The predicted molar refractivity (Wildman–Crippen MR) is 78.2 cm³/mol. The molecule has 0 aliphatic rings. The maximum atomic E-state index is 13.6. The molecule has 1 rings (SSSR count). The summed E-state index contributed by atoms with van der Waals surface area (Å²) in [5.74, 6) is -8.54. The van der Waals surface area contributed by atoms with Crippen molar-refractivity contribution < 1.29 is 54.7 Å². The first-order valence-corrected chi connectivity index (χ1v) is 7.76. The molecule has 2 N–H and O–H groups in total. The van der Waals surface area contributed by atoms with Crippen molar-refractivity contribution in [2.24, 2.45) is 0 Å². The standard InChI is InChI=1S/C11H6F7N3O7S/c12-9(13,10(14,15)16)11(17,18)29(28)4-1-5(20(24)25)8(19-3-7(22)23)6(2-4)21(26)27/h1-2,19H,3H2,(H,22,23). The number of halogens is 7. The van der Waals surface area contributed by atoms with Crippen molar-refractivity contribution >= 4 is 33.8 Å². The number of aliphatic carboxylic acids is 1. The monoisotopic (exact) mass is 457 g/mol. The fourth-order valence-corrected chi connectivity index (χ4v) is 2.84. The molecule has 0 aliphatic carbocycles. The number of carboxylic acids is 1. The summed E-state index contributed by atoms with van der Waals surface area (Å²) in [6.45, 7) is -1.16. The van der Waals surface area contributed by atoms with Crippen LogP contribution in [-0.4, -0.2) is 49.0 Å². The van der Waals surface area contributed by atoms with Gasteiger partial charge in [0.05, 0.1) is 14.7 Å². The first-order valence-electron chi connectivity index (χ1n) is 6.61. The summed E-state index contributed by atoms with van der Waals surface area (Å²) in [7, 11) is -4.64. The van der Waals surface area contributed by atoms with Crippen LogP contribution in [0, 0.1) is 20.2 Å². The van der Waals surface area contributed by atoms with Crippen LogP contribution >= 0.6 is 0 Å². The second kappa shape index (κ2) is 7.76. The number of carboxylic acid groups (broad SMARTS) is 1. The molecule has 1 atom stereocenters. The van der Waals surface area contributed by atoms with E-state index in [9.17, 15) is 60.0 Å². The lowest BCUT2D eigenvalue weighted by Gasteiger charge is -2.27. The van der Waals surface area contributed by atoms with E-state index in [0.717, 1.165) is 0 Å². The number of hydrogen-bond acceptors (Lipinski definition) is 7. The van der Waals surface area contributed by atoms with E-state index in [1.807, 2.05) is 0 Å². The molecule has 0 bridgehead atoms. The number of nitro benzene ring substituents is 2. The molecule has 1 aromatic carbocycles. The molecule has 0 radical (unpaired) electrons. The molecule has 29 heavy (non-hydrogen) atoms. The SMILES string of the molecule is O=C(O)CNc1c([N+](=O)[O-])cc(S(=O)C(F)(F)C(F)(F)C(F)(F)F)cc1[N+](=O)[O-]. The summed E-state index contributed by atoms with van der Waals surface area (Å²) in [5.41, 5.74) is -4.31. The normalized spacial score (nSPS) is 13.6. The van der Waals surface area contributed by atoms with Crippen molar-refractivity contribution in [3.63, 3.8) is 0 Å². The van der Waals surface area contributed by atoms with Gasteiger partial charge >= 0.3 is 34.7 Å². The number of benzene rings is 1. The number of rotatable bonds is 8. The van der Waals surface area contributed by atoms with Crippen molar-refractivity contribution in [1.82, 2.24) is 0 Å². The zero-order valence-corrected chi connectivity index (χ0v) is 14.0. The van der Waals surface area contributed by atoms with Crippen molar-refractivity contribution in [1.29, 1.82) is 0 Å². The number of alkyl halides is 7. The van der Waals surface area contributed by atoms with Gasteiger partial charge in [-0.25, -0.2) is 4.21 Å². The molecule has 0 saturated heterocycles. The van der Waals surface area contributed by atoms with Crippen LogP contribution in [0.3, 0.4) is 0 Å². The Labute approximate surface area is 156 Å². The highest BCUT2D eigenvalue weighted by atomic mass is 32.2. The molecule has 1 unspecified atom stereocenters. The molecule has 0 amide bonds. The average Bonchev–Trinajstić information content (AvgIpc) is 2.56. The van der Waals surface area contributed by atoms with Gasteiger partial charge in [-0.1, -0.05) is 0 Å². The molecule has 0 aliphatic heterocycles. The van der Waals surface area contributed by atoms with Crippen LogP contribution in [0.25, 0.3) is 0 Å². The Morgan fingerprint density at radius 1 is 1.03 bits per heavy atom. The van der Waals surface area contributed by atoms with E-state index < -0.39 is 72.5 Å². The molecule has 0 saturated carbocycles. The molecule has 10 nitrogen and oxygen atoms in total. The van der Waals surface area contributed by atoms with E-state index >= 15 is 0 Å². The Balaban J connectivity index is 3.69. The van der Waals surface area contributed by atoms with Crippen LogP contribution in [0.1, 0.15) is 0 Å². The third-order valence-electron chi connectivity index (χ3n) is 3.05. The molecule has 162 valence electrons. The Morgan fingerprint density at radius 3 is 1.76 bits per heavy atom. The largest absolute Gasteiger partial charge is 0.480 e. The lowest BCUT2D eigenvalue weighted by molar-refractivity contribution is -0.392. The predicted octanol–water partition coefficient (Wildman–Crippen LogP) is 2.90. The molecule has 0 heterocycles. The number of carbonyl (C=O) groups is 1. The number of nitro groups is 2. The van der Waals surface area contributed by atoms with Crippen molar-refractivity contribution in [2.45, 2.75) is 22.2 Å². The van der Waals surface area contributed by atoms with E-state index in [4.69, 9.17) is 5.11 Å². The van der Waals surface area contributed by atoms with Crippen molar-refractivity contribution in [3.05, 3.63) is 32.4 Å². The van der Waals surface area contributed by atoms with E-state index in [0.29, 0.717) is 0 Å². The fraction of sp³-hybridized carbons (Fsp3) is 0.364. The van der Waals surface area contributed by atoms with Gasteiger partial charge in [0.15, 0.2) is 5.69 Å². The van der Waals surface area contributed by atoms with Crippen LogP contribution in [0.5, 0.6) is 0 Å². The number of hydrogen-bond donors (Lipinski definition) is 2. The minimum Gasteiger partial charge on any atom is -0.480 e. The van der Waals surface area contributed by atoms with Crippen LogP contribution in [0.15, 0.2) is 17.0 Å². The van der Waals surface area contributed by atoms with Gasteiger partial charge in [0, 0.05) is 12.1 Å². The number of anilines is 1. The maximum absolute atomic E-state index is 13.6. The minimum atomic E-state index is -6.87. The van der Waals surface area contributed by atoms with Gasteiger partial charge in [-0.2, -0.15) is 30.7 Å². The van der Waals surface area contributed by atoms with Gasteiger partial charge in [0.2, 0.25) is 0 Å². The van der Waals surface area contributed by atoms with E-state index in [2.05, 4.69) is 0 Å². The highest BCUT2D eigenvalue weighted by molar-refractivity contribution is 7.86. The average molecular weight is 457 g/mol. The fourth-order valence-electron chi connectivity index (χ4n) is 1.76. The Morgan fingerprint density at radius 2 is 1.45 bits per heavy atom. The van der Waals surface area contributed by atoms with Crippen LogP contribution in [0.2, 0.25) is 0 Å². The molecular formula is C11H6F7N3O7S. The summed E-state index contributed by atoms with van der Waals surface area (Å²) in [4.78, 5) is 27.7. The molecule has 0 spiro atoms. The summed E-state index contributed by atoms with van der Waals surface area (Å²) in [6, 6.07) is -0.346. The molecule has 18 heteroatoms. The number of nitrogens with one attached hydrogen (secondary N) is 1. The van der Waals surface area contributed by atoms with Crippen LogP contribution in [0.4, 0.5) is 47.8 Å². The topological polar surface area (TPSA) is 153 Å². The Kier molecular flexibility index (Phi) is 6.42. The Hall–Kier alpha value is -3.05. The summed E-state index contributed by atoms with van der Waals surface area (Å²) in [5, 5.41) is 25.9. The van der Waals surface area contributed by atoms with Gasteiger partial charge in [0.25, 0.3) is 0 Å². The molecule has 0 fully saturated rings. The van der Waals surface area contributed by atoms with Gasteiger partial charge in [-0.3, -0.25) is 25.0 Å². The third-order valence-corrected chi connectivity index (χ3v) is 4.43. The van der Waals surface area contributed by atoms with Crippen molar-refractivity contribution in [2.75, 3.05) is 11.9 Å².